The van der Waals surface area contributed by atoms with Gasteiger partial charge < -0.3 is 19.3 Å². The second kappa shape index (κ2) is 5.30. The fraction of sp³-hybridized carbons (Fsp3) is 0.588. The van der Waals surface area contributed by atoms with E-state index in [1.165, 1.54) is 0 Å². The van der Waals surface area contributed by atoms with E-state index in [1.807, 2.05) is 32.9 Å². The molecule has 0 saturated carbocycles. The van der Waals surface area contributed by atoms with E-state index in [-0.39, 0.29) is 6.04 Å². The number of fused-ring (bicyclic) bond motifs is 5. The molecule has 1 N–H and O–H groups in total. The minimum Gasteiger partial charge on any atom is -0.493 e. The van der Waals surface area contributed by atoms with Crippen molar-refractivity contribution in [2.75, 3.05) is 14.2 Å². The Labute approximate surface area is 135 Å². The monoisotopic (exact) mass is 321 g/mol. The van der Waals surface area contributed by atoms with Gasteiger partial charge in [-0.15, -0.1) is 0 Å². The van der Waals surface area contributed by atoms with Crippen LogP contribution in [0, 0.1) is 0 Å². The second-order valence-corrected chi connectivity index (χ2v) is 6.99. The van der Waals surface area contributed by atoms with Crippen LogP contribution in [0.1, 0.15) is 50.4 Å². The Morgan fingerprint density at radius 2 is 1.74 bits per heavy atom. The molecular formula is C17H23NO5. The number of ether oxygens (including phenoxy) is 3. The first-order chi connectivity index (χ1) is 10.8. The van der Waals surface area contributed by atoms with Crippen LogP contribution in [0.15, 0.2) is 12.1 Å². The Bertz CT molecular complexity index is 637. The molecule has 6 heteroatoms. The molecule has 1 fully saturated rings. The number of methoxy groups -OCH3 is 2. The third-order valence-electron chi connectivity index (χ3n) is 4.34. The number of carbonyl (C=O) groups excluding carboxylic acids is 1. The van der Waals surface area contributed by atoms with Gasteiger partial charge in [0.05, 0.1) is 32.4 Å². The zero-order chi connectivity index (χ0) is 16.9. The van der Waals surface area contributed by atoms with Gasteiger partial charge in [-0.2, -0.15) is 0 Å². The predicted molar refractivity (Wildman–Crippen MR) is 83.7 cm³/mol. The van der Waals surface area contributed by atoms with E-state index in [2.05, 4.69) is 0 Å². The summed E-state index contributed by atoms with van der Waals surface area (Å²) in [5.74, 6) is 1.22. The zero-order valence-corrected chi connectivity index (χ0v) is 14.1. The van der Waals surface area contributed by atoms with Crippen LogP contribution in [0.2, 0.25) is 0 Å². The highest BCUT2D eigenvalue weighted by atomic mass is 16.6. The van der Waals surface area contributed by atoms with Crippen molar-refractivity contribution in [2.24, 2.45) is 0 Å². The van der Waals surface area contributed by atoms with E-state index in [1.54, 1.807) is 19.1 Å². The molecule has 0 radical (unpaired) electrons. The van der Waals surface area contributed by atoms with Gasteiger partial charge in [-0.1, -0.05) is 0 Å². The van der Waals surface area contributed by atoms with Crippen molar-refractivity contribution in [3.05, 3.63) is 23.3 Å². The van der Waals surface area contributed by atoms with Gasteiger partial charge >= 0.3 is 6.09 Å². The SMILES string of the molecule is COc1cc2c(cc1OC)C1C(O)CC2N1C(=O)OC(C)(C)C. The summed E-state index contributed by atoms with van der Waals surface area (Å²) in [5.41, 5.74) is 1.31. The van der Waals surface area contributed by atoms with Crippen LogP contribution in [0.4, 0.5) is 4.79 Å². The second-order valence-electron chi connectivity index (χ2n) is 6.99. The number of hydrogen-bond acceptors (Lipinski definition) is 5. The number of hydrogen-bond donors (Lipinski definition) is 1. The molecule has 3 unspecified atom stereocenters. The number of aliphatic hydroxyl groups excluding tert-OH is 1. The summed E-state index contributed by atoms with van der Waals surface area (Å²) in [5, 5.41) is 10.4. The summed E-state index contributed by atoms with van der Waals surface area (Å²) in [6.45, 7) is 5.50. The lowest BCUT2D eigenvalue weighted by atomic mass is 9.89. The Kier molecular flexibility index (Phi) is 3.67. The summed E-state index contributed by atoms with van der Waals surface area (Å²) in [6.07, 6.45) is -0.497. The van der Waals surface area contributed by atoms with Crippen LogP contribution < -0.4 is 9.47 Å². The lowest BCUT2D eigenvalue weighted by Crippen LogP contribution is -2.36. The lowest BCUT2D eigenvalue weighted by Gasteiger charge is -2.27. The van der Waals surface area contributed by atoms with Crippen molar-refractivity contribution in [3.8, 4) is 11.5 Å². The molecule has 6 nitrogen and oxygen atoms in total. The minimum atomic E-state index is -0.599. The number of aliphatic hydroxyl groups is 1. The fourth-order valence-corrected chi connectivity index (χ4v) is 3.49. The standard InChI is InChI=1S/C17H23NO5/c1-17(2,3)23-16(20)18-11-8-12(19)15(18)10-7-14(22-5)13(21-4)6-9(10)11/h6-7,11-12,15,19H,8H2,1-5H3. The first kappa shape index (κ1) is 15.9. The molecule has 0 spiro atoms. The van der Waals surface area contributed by atoms with Crippen molar-refractivity contribution in [3.63, 3.8) is 0 Å². The van der Waals surface area contributed by atoms with E-state index >= 15 is 0 Å². The van der Waals surface area contributed by atoms with Crippen LogP contribution in [-0.2, 0) is 4.74 Å². The van der Waals surface area contributed by atoms with Crippen LogP contribution in [0.3, 0.4) is 0 Å². The molecular weight excluding hydrogens is 298 g/mol. The maximum absolute atomic E-state index is 12.6. The van der Waals surface area contributed by atoms with Gasteiger partial charge in [0.1, 0.15) is 5.60 Å². The quantitative estimate of drug-likeness (QED) is 0.907. The van der Waals surface area contributed by atoms with E-state index in [0.717, 1.165) is 11.1 Å². The lowest BCUT2D eigenvalue weighted by molar-refractivity contribution is 0.0124. The molecule has 126 valence electrons. The fourth-order valence-electron chi connectivity index (χ4n) is 3.49. The van der Waals surface area contributed by atoms with Gasteiger partial charge in [0, 0.05) is 6.42 Å². The number of nitrogens with zero attached hydrogens (tertiary/aromatic N) is 1. The van der Waals surface area contributed by atoms with Gasteiger partial charge in [-0.05, 0) is 44.0 Å². The minimum absolute atomic E-state index is 0.195. The summed E-state index contributed by atoms with van der Waals surface area (Å²) >= 11 is 0. The molecule has 23 heavy (non-hydrogen) atoms. The van der Waals surface area contributed by atoms with E-state index in [9.17, 15) is 9.90 Å². The van der Waals surface area contributed by atoms with Gasteiger partial charge in [0.2, 0.25) is 0 Å². The number of benzene rings is 1. The van der Waals surface area contributed by atoms with Gasteiger partial charge in [-0.3, -0.25) is 4.90 Å². The van der Waals surface area contributed by atoms with Crippen LogP contribution in [0.25, 0.3) is 0 Å². The molecule has 2 aliphatic heterocycles. The van der Waals surface area contributed by atoms with Crippen molar-refractivity contribution in [1.82, 2.24) is 4.90 Å². The summed E-state index contributed by atoms with van der Waals surface area (Å²) in [7, 11) is 3.15. The van der Waals surface area contributed by atoms with Crippen molar-refractivity contribution in [1.29, 1.82) is 0 Å². The topological polar surface area (TPSA) is 68.2 Å². The molecule has 2 bridgehead atoms. The zero-order valence-electron chi connectivity index (χ0n) is 14.1. The van der Waals surface area contributed by atoms with Gasteiger partial charge in [0.15, 0.2) is 11.5 Å². The highest BCUT2D eigenvalue weighted by Gasteiger charge is 2.53. The molecule has 2 heterocycles. The van der Waals surface area contributed by atoms with Crippen LogP contribution >= 0.6 is 0 Å². The van der Waals surface area contributed by atoms with E-state index in [4.69, 9.17) is 14.2 Å². The largest absolute Gasteiger partial charge is 0.493 e. The normalized spacial score (nSPS) is 25.3. The van der Waals surface area contributed by atoms with E-state index < -0.39 is 23.8 Å². The highest BCUT2D eigenvalue weighted by Crippen LogP contribution is 2.55. The first-order valence-electron chi connectivity index (χ1n) is 7.72. The Hall–Kier alpha value is -1.95. The van der Waals surface area contributed by atoms with Crippen molar-refractivity contribution < 1.29 is 24.1 Å². The van der Waals surface area contributed by atoms with Crippen molar-refractivity contribution in [2.45, 2.75) is 51.0 Å². The first-order valence-corrected chi connectivity index (χ1v) is 7.72. The number of amides is 1. The van der Waals surface area contributed by atoms with Crippen molar-refractivity contribution >= 4 is 6.09 Å². The molecule has 0 aromatic heterocycles. The highest BCUT2D eigenvalue weighted by molar-refractivity contribution is 5.73. The molecule has 1 aromatic rings. The Morgan fingerprint density at radius 1 is 1.17 bits per heavy atom. The maximum atomic E-state index is 12.6. The summed E-state index contributed by atoms with van der Waals surface area (Å²) < 4.78 is 16.2. The Balaban J connectivity index is 2.00. The maximum Gasteiger partial charge on any atom is 0.411 e. The third kappa shape index (κ3) is 2.51. The van der Waals surface area contributed by atoms with E-state index in [0.29, 0.717) is 17.9 Å². The average Bonchev–Trinajstić information content (AvgIpc) is 2.96. The molecule has 3 rings (SSSR count). The number of carbonyl (C=O) groups is 1. The molecule has 0 aliphatic carbocycles. The molecule has 3 atom stereocenters. The third-order valence-corrected chi connectivity index (χ3v) is 4.34. The Morgan fingerprint density at radius 3 is 2.26 bits per heavy atom. The molecule has 1 aromatic carbocycles. The summed E-state index contributed by atoms with van der Waals surface area (Å²) in [6, 6.07) is 3.14. The van der Waals surface area contributed by atoms with Gasteiger partial charge in [0.25, 0.3) is 0 Å². The molecule has 2 aliphatic rings. The molecule has 1 saturated heterocycles. The smallest absolute Gasteiger partial charge is 0.411 e. The average molecular weight is 321 g/mol. The van der Waals surface area contributed by atoms with Crippen LogP contribution in [-0.4, -0.2) is 42.0 Å². The number of rotatable bonds is 2. The van der Waals surface area contributed by atoms with Gasteiger partial charge in [-0.25, -0.2) is 4.79 Å². The van der Waals surface area contributed by atoms with Crippen LogP contribution in [0.5, 0.6) is 11.5 Å². The molecule has 1 amide bonds. The summed E-state index contributed by atoms with van der Waals surface area (Å²) in [4.78, 5) is 14.2. The predicted octanol–water partition coefficient (Wildman–Crippen LogP) is 2.80.